The Labute approximate surface area is 161 Å². The predicted molar refractivity (Wildman–Crippen MR) is 103 cm³/mol. The highest BCUT2D eigenvalue weighted by molar-refractivity contribution is 6.32. The summed E-state index contributed by atoms with van der Waals surface area (Å²) in [6.45, 7) is 5.09. The van der Waals surface area contributed by atoms with Crippen molar-refractivity contribution >= 4 is 34.3 Å². The van der Waals surface area contributed by atoms with Crippen LogP contribution in [0, 0.1) is 0 Å². The van der Waals surface area contributed by atoms with Gasteiger partial charge in [-0.1, -0.05) is 25.4 Å². The number of hydrogen-bond donors (Lipinski definition) is 1. The molecule has 7 heteroatoms. The molecule has 0 fully saturated rings. The number of carbonyl (C=O) groups excluding carboxylic acids is 1. The molecule has 3 aromatic rings. The van der Waals surface area contributed by atoms with Gasteiger partial charge in [-0.2, -0.15) is 0 Å². The molecule has 2 aromatic carbocycles. The first-order valence-electron chi connectivity index (χ1n) is 8.82. The first-order chi connectivity index (χ1) is 13.0. The van der Waals surface area contributed by atoms with Crippen LogP contribution in [0.2, 0.25) is 5.02 Å². The number of oxazole rings is 1. The van der Waals surface area contributed by atoms with Crippen molar-refractivity contribution < 1.29 is 18.7 Å². The zero-order valence-electron chi connectivity index (χ0n) is 15.0. The highest BCUT2D eigenvalue weighted by Crippen LogP contribution is 2.38. The second-order valence-corrected chi connectivity index (χ2v) is 7.09. The summed E-state index contributed by atoms with van der Waals surface area (Å²) in [7, 11) is 0. The minimum absolute atomic E-state index is 0.194. The quantitative estimate of drug-likeness (QED) is 0.684. The molecule has 1 amide bonds. The fourth-order valence-corrected chi connectivity index (χ4v) is 3.10. The molecule has 0 saturated heterocycles. The van der Waals surface area contributed by atoms with Crippen LogP contribution < -0.4 is 14.8 Å². The molecule has 1 N–H and O–H groups in total. The van der Waals surface area contributed by atoms with Crippen LogP contribution >= 0.6 is 11.6 Å². The molecule has 0 bridgehead atoms. The maximum atomic E-state index is 12.7. The Morgan fingerprint density at radius 3 is 2.81 bits per heavy atom. The summed E-state index contributed by atoms with van der Waals surface area (Å²) < 4.78 is 16.9. The number of benzene rings is 2. The molecule has 1 aromatic heterocycles. The largest absolute Gasteiger partial charge is 0.489 e. The Morgan fingerprint density at radius 1 is 1.19 bits per heavy atom. The van der Waals surface area contributed by atoms with Crippen molar-refractivity contribution in [2.75, 3.05) is 18.5 Å². The van der Waals surface area contributed by atoms with E-state index >= 15 is 0 Å². The lowest BCUT2D eigenvalue weighted by Gasteiger charge is -2.11. The van der Waals surface area contributed by atoms with Crippen molar-refractivity contribution in [3.05, 3.63) is 46.8 Å². The summed E-state index contributed by atoms with van der Waals surface area (Å²) in [5.41, 5.74) is 2.41. The number of anilines is 1. The molecular formula is C20H19ClN2O4. The Morgan fingerprint density at radius 2 is 2.00 bits per heavy atom. The monoisotopic (exact) mass is 386 g/mol. The van der Waals surface area contributed by atoms with Crippen molar-refractivity contribution in [2.24, 2.45) is 0 Å². The molecule has 0 spiro atoms. The lowest BCUT2D eigenvalue weighted by atomic mass is 10.1. The van der Waals surface area contributed by atoms with Crippen molar-refractivity contribution in [1.29, 1.82) is 0 Å². The fourth-order valence-electron chi connectivity index (χ4n) is 2.84. The van der Waals surface area contributed by atoms with Gasteiger partial charge in [0.15, 0.2) is 23.0 Å². The van der Waals surface area contributed by atoms with Crippen LogP contribution in [0.5, 0.6) is 11.5 Å². The van der Waals surface area contributed by atoms with Crippen molar-refractivity contribution in [1.82, 2.24) is 4.98 Å². The van der Waals surface area contributed by atoms with Gasteiger partial charge in [-0.3, -0.25) is 4.79 Å². The maximum absolute atomic E-state index is 12.7. The number of hydrogen-bond acceptors (Lipinski definition) is 5. The first kappa shape index (κ1) is 17.7. The average molecular weight is 387 g/mol. The standard InChI is InChI=1S/C20H19ClN2O4/c1-11(2)20-23-15-10-13(4-5-16(15)27-20)22-19(24)12-8-14(21)18-17(9-12)25-6-3-7-26-18/h4-5,8-11H,3,6-7H2,1-2H3,(H,22,24). The molecule has 1 aliphatic heterocycles. The van der Waals surface area contributed by atoms with Gasteiger partial charge in [0.25, 0.3) is 5.91 Å². The zero-order chi connectivity index (χ0) is 19.0. The second kappa shape index (κ2) is 7.12. The predicted octanol–water partition coefficient (Wildman–Crippen LogP) is 5.02. The Bertz CT molecular complexity index is 1010. The van der Waals surface area contributed by atoms with E-state index in [1.807, 2.05) is 13.8 Å². The topological polar surface area (TPSA) is 73.6 Å². The SMILES string of the molecule is CC(C)c1nc2cc(NC(=O)c3cc(Cl)c4c(c3)OCCCO4)ccc2o1. The minimum atomic E-state index is -0.292. The maximum Gasteiger partial charge on any atom is 0.255 e. The summed E-state index contributed by atoms with van der Waals surface area (Å²) in [4.78, 5) is 17.1. The number of carbonyl (C=O) groups is 1. The molecule has 1 aliphatic rings. The van der Waals surface area contributed by atoms with Gasteiger partial charge < -0.3 is 19.2 Å². The third-order valence-electron chi connectivity index (χ3n) is 4.22. The summed E-state index contributed by atoms with van der Waals surface area (Å²) >= 11 is 6.27. The van der Waals surface area contributed by atoms with Gasteiger partial charge in [-0.15, -0.1) is 0 Å². The van der Waals surface area contributed by atoms with Gasteiger partial charge >= 0.3 is 0 Å². The van der Waals surface area contributed by atoms with Crippen LogP contribution in [0.3, 0.4) is 0 Å². The van der Waals surface area contributed by atoms with E-state index in [9.17, 15) is 4.79 Å². The fraction of sp³-hybridized carbons (Fsp3) is 0.300. The van der Waals surface area contributed by atoms with Crippen molar-refractivity contribution in [2.45, 2.75) is 26.2 Å². The number of ether oxygens (including phenoxy) is 2. The second-order valence-electron chi connectivity index (χ2n) is 6.68. The number of halogens is 1. The van der Waals surface area contributed by atoms with E-state index in [4.69, 9.17) is 25.5 Å². The molecule has 0 radical (unpaired) electrons. The Hall–Kier alpha value is -2.73. The van der Waals surface area contributed by atoms with E-state index in [1.165, 1.54) is 0 Å². The molecule has 0 unspecified atom stereocenters. The normalized spacial score (nSPS) is 13.6. The van der Waals surface area contributed by atoms with Crippen LogP contribution in [-0.2, 0) is 0 Å². The average Bonchev–Trinajstić information content (AvgIpc) is 2.91. The van der Waals surface area contributed by atoms with Gasteiger partial charge in [0.1, 0.15) is 5.52 Å². The van der Waals surface area contributed by atoms with Crippen LogP contribution in [0.25, 0.3) is 11.1 Å². The van der Waals surface area contributed by atoms with Gasteiger partial charge in [0, 0.05) is 23.6 Å². The molecule has 6 nitrogen and oxygen atoms in total. The highest BCUT2D eigenvalue weighted by atomic mass is 35.5. The van der Waals surface area contributed by atoms with Crippen molar-refractivity contribution in [3.8, 4) is 11.5 Å². The number of amides is 1. The third kappa shape index (κ3) is 3.57. The van der Waals surface area contributed by atoms with Crippen LogP contribution in [0.4, 0.5) is 5.69 Å². The molecule has 0 saturated carbocycles. The number of aromatic nitrogens is 1. The molecule has 0 aliphatic carbocycles. The summed E-state index contributed by atoms with van der Waals surface area (Å²) in [5.74, 6) is 1.54. The van der Waals surface area contributed by atoms with Gasteiger partial charge in [-0.05, 0) is 30.3 Å². The van der Waals surface area contributed by atoms with Gasteiger partial charge in [0.05, 0.1) is 18.2 Å². The number of fused-ring (bicyclic) bond motifs is 2. The van der Waals surface area contributed by atoms with E-state index in [2.05, 4.69) is 10.3 Å². The lowest BCUT2D eigenvalue weighted by Crippen LogP contribution is -2.12. The van der Waals surface area contributed by atoms with E-state index in [0.29, 0.717) is 58.0 Å². The lowest BCUT2D eigenvalue weighted by molar-refractivity contribution is 0.102. The molecule has 140 valence electrons. The molecule has 2 heterocycles. The van der Waals surface area contributed by atoms with Gasteiger partial charge in [0.2, 0.25) is 0 Å². The van der Waals surface area contributed by atoms with E-state index in [-0.39, 0.29) is 11.8 Å². The van der Waals surface area contributed by atoms with Crippen LogP contribution in [-0.4, -0.2) is 24.1 Å². The van der Waals surface area contributed by atoms with Gasteiger partial charge in [-0.25, -0.2) is 4.98 Å². The molecule has 27 heavy (non-hydrogen) atoms. The summed E-state index contributed by atoms with van der Waals surface area (Å²) in [6.07, 6.45) is 0.766. The smallest absolute Gasteiger partial charge is 0.255 e. The van der Waals surface area contributed by atoms with E-state index in [0.717, 1.165) is 6.42 Å². The van der Waals surface area contributed by atoms with E-state index in [1.54, 1.807) is 30.3 Å². The molecule has 4 rings (SSSR count). The first-order valence-corrected chi connectivity index (χ1v) is 9.20. The van der Waals surface area contributed by atoms with Crippen molar-refractivity contribution in [3.63, 3.8) is 0 Å². The molecule has 0 atom stereocenters. The third-order valence-corrected chi connectivity index (χ3v) is 4.50. The van der Waals surface area contributed by atoms with Crippen LogP contribution in [0.15, 0.2) is 34.7 Å². The summed E-state index contributed by atoms with van der Waals surface area (Å²) in [5, 5.41) is 3.22. The van der Waals surface area contributed by atoms with Crippen LogP contribution in [0.1, 0.15) is 42.4 Å². The highest BCUT2D eigenvalue weighted by Gasteiger charge is 2.19. The Kier molecular flexibility index (Phi) is 4.66. The Balaban J connectivity index is 1.59. The number of rotatable bonds is 3. The minimum Gasteiger partial charge on any atom is -0.489 e. The number of nitrogens with zero attached hydrogens (tertiary/aromatic N) is 1. The zero-order valence-corrected chi connectivity index (χ0v) is 15.8. The van der Waals surface area contributed by atoms with E-state index < -0.39 is 0 Å². The number of nitrogens with one attached hydrogen (secondary N) is 1. The molecular weight excluding hydrogens is 368 g/mol. The summed E-state index contributed by atoms with van der Waals surface area (Å²) in [6, 6.07) is 8.58.